The van der Waals surface area contributed by atoms with Crippen molar-refractivity contribution >= 4 is 11.8 Å². The van der Waals surface area contributed by atoms with Gasteiger partial charge in [-0.3, -0.25) is 0 Å². The van der Waals surface area contributed by atoms with E-state index >= 15 is 0 Å². The molecule has 0 aliphatic carbocycles. The third kappa shape index (κ3) is 3.22. The van der Waals surface area contributed by atoms with Gasteiger partial charge in [0.1, 0.15) is 17.7 Å². The summed E-state index contributed by atoms with van der Waals surface area (Å²) in [5, 5.41) is 10.4. The second-order valence-electron chi connectivity index (χ2n) is 5.26. The van der Waals surface area contributed by atoms with Gasteiger partial charge in [0.25, 0.3) is 0 Å². The highest BCUT2D eigenvalue weighted by molar-refractivity contribution is 7.99. The van der Waals surface area contributed by atoms with Crippen LogP contribution in [0.2, 0.25) is 0 Å². The van der Waals surface area contributed by atoms with Gasteiger partial charge in [0, 0.05) is 17.1 Å². The molecule has 1 aliphatic heterocycles. The van der Waals surface area contributed by atoms with Gasteiger partial charge in [-0.25, -0.2) is 4.39 Å². The fourth-order valence-electron chi connectivity index (χ4n) is 2.44. The van der Waals surface area contributed by atoms with Crippen molar-refractivity contribution in [1.82, 2.24) is 0 Å². The molecule has 0 bridgehead atoms. The molecule has 3 rings (SSSR count). The van der Waals surface area contributed by atoms with Gasteiger partial charge in [-0.15, -0.1) is 11.8 Å². The Balaban J connectivity index is 1.72. The standard InChI is InChI=1S/C17H17FO2S/c1-11-6-7-13(18)8-12(11)9-14(19)16-10-21-17-5-3-2-4-15(17)20-16/h2-8,14,16,19H,9-10H2,1H3. The average Bonchev–Trinajstić information content (AvgIpc) is 2.50. The number of fused-ring (bicyclic) bond motifs is 1. The van der Waals surface area contributed by atoms with Crippen LogP contribution in [0.3, 0.4) is 0 Å². The van der Waals surface area contributed by atoms with E-state index in [1.165, 1.54) is 12.1 Å². The Hall–Kier alpha value is -1.52. The molecular formula is C17H17FO2S. The number of halogens is 1. The van der Waals surface area contributed by atoms with Crippen LogP contribution in [0.5, 0.6) is 5.75 Å². The largest absolute Gasteiger partial charge is 0.486 e. The number of ether oxygens (including phenoxy) is 1. The molecule has 1 N–H and O–H groups in total. The zero-order chi connectivity index (χ0) is 14.8. The minimum absolute atomic E-state index is 0.271. The third-order valence-corrected chi connectivity index (χ3v) is 4.84. The van der Waals surface area contributed by atoms with Crippen molar-refractivity contribution in [3.05, 3.63) is 59.4 Å². The Morgan fingerprint density at radius 1 is 1.33 bits per heavy atom. The molecule has 0 saturated carbocycles. The highest BCUT2D eigenvalue weighted by Crippen LogP contribution is 2.36. The Kier molecular flexibility index (Phi) is 4.17. The lowest BCUT2D eigenvalue weighted by Gasteiger charge is -2.29. The lowest BCUT2D eigenvalue weighted by molar-refractivity contribution is 0.0467. The first-order valence-corrected chi connectivity index (χ1v) is 7.93. The topological polar surface area (TPSA) is 29.5 Å². The summed E-state index contributed by atoms with van der Waals surface area (Å²) < 4.78 is 19.2. The number of hydrogen-bond donors (Lipinski definition) is 1. The Labute approximate surface area is 128 Å². The fourth-order valence-corrected chi connectivity index (χ4v) is 3.51. The van der Waals surface area contributed by atoms with Gasteiger partial charge in [-0.1, -0.05) is 18.2 Å². The minimum Gasteiger partial charge on any atom is -0.486 e. The molecule has 21 heavy (non-hydrogen) atoms. The molecular weight excluding hydrogens is 287 g/mol. The minimum atomic E-state index is -0.647. The van der Waals surface area contributed by atoms with Gasteiger partial charge in [-0.05, 0) is 42.3 Å². The highest BCUT2D eigenvalue weighted by Gasteiger charge is 2.27. The molecule has 2 aromatic carbocycles. The summed E-state index contributed by atoms with van der Waals surface area (Å²) in [6.45, 7) is 1.92. The average molecular weight is 304 g/mol. The first-order chi connectivity index (χ1) is 10.1. The predicted octanol–water partition coefficient (Wildman–Crippen LogP) is 3.59. The molecule has 2 nitrogen and oxygen atoms in total. The molecule has 110 valence electrons. The number of thioether (sulfide) groups is 1. The first-order valence-electron chi connectivity index (χ1n) is 6.95. The molecule has 0 spiro atoms. The molecule has 1 aliphatic rings. The van der Waals surface area contributed by atoms with Crippen LogP contribution in [0.4, 0.5) is 4.39 Å². The number of para-hydroxylation sites is 1. The Morgan fingerprint density at radius 3 is 3.00 bits per heavy atom. The molecule has 2 unspecified atom stereocenters. The zero-order valence-electron chi connectivity index (χ0n) is 11.8. The Bertz CT molecular complexity index is 644. The van der Waals surface area contributed by atoms with Crippen molar-refractivity contribution in [3.63, 3.8) is 0 Å². The molecule has 0 saturated heterocycles. The van der Waals surface area contributed by atoms with Gasteiger partial charge in [-0.2, -0.15) is 0 Å². The number of aliphatic hydroxyl groups excluding tert-OH is 1. The van der Waals surface area contributed by atoms with Gasteiger partial charge in [0.05, 0.1) is 6.10 Å². The summed E-state index contributed by atoms with van der Waals surface area (Å²) in [7, 11) is 0. The summed E-state index contributed by atoms with van der Waals surface area (Å²) >= 11 is 1.68. The van der Waals surface area contributed by atoms with Crippen molar-refractivity contribution in [3.8, 4) is 5.75 Å². The summed E-state index contributed by atoms with van der Waals surface area (Å²) in [5.74, 6) is 1.24. The molecule has 1 heterocycles. The van der Waals surface area contributed by atoms with E-state index in [0.29, 0.717) is 12.2 Å². The maximum atomic E-state index is 13.3. The van der Waals surface area contributed by atoms with Crippen molar-refractivity contribution in [2.45, 2.75) is 30.4 Å². The highest BCUT2D eigenvalue weighted by atomic mass is 32.2. The van der Waals surface area contributed by atoms with E-state index in [1.54, 1.807) is 17.8 Å². The summed E-state index contributed by atoms with van der Waals surface area (Å²) in [5.41, 5.74) is 1.81. The second-order valence-corrected chi connectivity index (χ2v) is 6.32. The second kappa shape index (κ2) is 6.08. The Morgan fingerprint density at radius 2 is 2.14 bits per heavy atom. The van der Waals surface area contributed by atoms with Crippen LogP contribution < -0.4 is 4.74 Å². The van der Waals surface area contributed by atoms with Crippen molar-refractivity contribution < 1.29 is 14.2 Å². The van der Waals surface area contributed by atoms with Gasteiger partial charge < -0.3 is 9.84 Å². The third-order valence-electron chi connectivity index (χ3n) is 3.70. The SMILES string of the molecule is Cc1ccc(F)cc1CC(O)C1CSc2ccccc2O1. The number of aryl methyl sites for hydroxylation is 1. The van der Waals surface area contributed by atoms with Crippen LogP contribution in [0.15, 0.2) is 47.4 Å². The maximum absolute atomic E-state index is 13.3. The van der Waals surface area contributed by atoms with Crippen LogP contribution in [0.25, 0.3) is 0 Å². The fraction of sp³-hybridized carbons (Fsp3) is 0.294. The lowest BCUT2D eigenvalue weighted by Crippen LogP contribution is -2.37. The summed E-state index contributed by atoms with van der Waals surface area (Å²) in [6.07, 6.45) is -0.518. The van der Waals surface area contributed by atoms with E-state index in [1.807, 2.05) is 31.2 Å². The first kappa shape index (κ1) is 14.4. The van der Waals surface area contributed by atoms with E-state index in [-0.39, 0.29) is 11.9 Å². The summed E-state index contributed by atoms with van der Waals surface area (Å²) in [6, 6.07) is 12.5. The number of rotatable bonds is 3. The quantitative estimate of drug-likeness (QED) is 0.939. The van der Waals surface area contributed by atoms with Gasteiger partial charge >= 0.3 is 0 Å². The van der Waals surface area contributed by atoms with E-state index in [2.05, 4.69) is 0 Å². The molecule has 2 aromatic rings. The van der Waals surface area contributed by atoms with Crippen LogP contribution in [0, 0.1) is 12.7 Å². The van der Waals surface area contributed by atoms with Crippen molar-refractivity contribution in [1.29, 1.82) is 0 Å². The van der Waals surface area contributed by atoms with Gasteiger partial charge in [0.2, 0.25) is 0 Å². The number of hydrogen-bond acceptors (Lipinski definition) is 3. The normalized spacial score (nSPS) is 18.7. The molecule has 0 aromatic heterocycles. The lowest BCUT2D eigenvalue weighted by atomic mass is 10.00. The van der Waals surface area contributed by atoms with Crippen LogP contribution in [-0.4, -0.2) is 23.1 Å². The monoisotopic (exact) mass is 304 g/mol. The van der Waals surface area contributed by atoms with E-state index in [9.17, 15) is 9.50 Å². The van der Waals surface area contributed by atoms with Gasteiger partial charge in [0.15, 0.2) is 0 Å². The predicted molar refractivity (Wildman–Crippen MR) is 82.4 cm³/mol. The molecule has 0 fully saturated rings. The van der Waals surface area contributed by atoms with Crippen LogP contribution in [0.1, 0.15) is 11.1 Å². The molecule has 2 atom stereocenters. The van der Waals surface area contributed by atoms with Crippen molar-refractivity contribution in [2.75, 3.05) is 5.75 Å². The molecule has 0 amide bonds. The van der Waals surface area contributed by atoms with Crippen LogP contribution in [-0.2, 0) is 6.42 Å². The number of aliphatic hydroxyl groups is 1. The van der Waals surface area contributed by atoms with E-state index < -0.39 is 6.10 Å². The van der Waals surface area contributed by atoms with E-state index in [0.717, 1.165) is 21.8 Å². The van der Waals surface area contributed by atoms with Crippen LogP contribution >= 0.6 is 11.8 Å². The molecule has 4 heteroatoms. The zero-order valence-corrected chi connectivity index (χ0v) is 12.6. The summed E-state index contributed by atoms with van der Waals surface area (Å²) in [4.78, 5) is 1.10. The smallest absolute Gasteiger partial charge is 0.134 e. The maximum Gasteiger partial charge on any atom is 0.134 e. The molecule has 0 radical (unpaired) electrons. The number of benzene rings is 2. The van der Waals surface area contributed by atoms with Crippen molar-refractivity contribution in [2.24, 2.45) is 0 Å². The van der Waals surface area contributed by atoms with E-state index in [4.69, 9.17) is 4.74 Å².